The van der Waals surface area contributed by atoms with E-state index in [-0.39, 0.29) is 11.8 Å². The van der Waals surface area contributed by atoms with E-state index in [1.54, 1.807) is 16.2 Å². The Morgan fingerprint density at radius 2 is 2.08 bits per heavy atom. The van der Waals surface area contributed by atoms with Gasteiger partial charge in [0.05, 0.1) is 28.4 Å². The first-order chi connectivity index (χ1) is 11.5. The Morgan fingerprint density at radius 3 is 2.71 bits per heavy atom. The predicted molar refractivity (Wildman–Crippen MR) is 95.1 cm³/mol. The Kier molecular flexibility index (Phi) is 4.66. The maximum absolute atomic E-state index is 12.9. The fraction of sp³-hybridized carbons (Fsp3) is 0.389. The molecule has 3 aromatic rings. The Labute approximate surface area is 145 Å². The lowest BCUT2D eigenvalue weighted by atomic mass is 9.93. The molecule has 1 amide bonds. The minimum atomic E-state index is -0.226. The number of amides is 1. The smallest absolute Gasteiger partial charge is 0.230 e. The molecule has 2 aromatic heterocycles. The first kappa shape index (κ1) is 16.6. The van der Waals surface area contributed by atoms with Crippen LogP contribution in [0.5, 0.6) is 0 Å². The van der Waals surface area contributed by atoms with Gasteiger partial charge < -0.3 is 9.42 Å². The van der Waals surface area contributed by atoms with Crippen LogP contribution < -0.4 is 0 Å². The van der Waals surface area contributed by atoms with Gasteiger partial charge in [0, 0.05) is 12.6 Å². The van der Waals surface area contributed by atoms with Gasteiger partial charge >= 0.3 is 0 Å². The third kappa shape index (κ3) is 3.06. The van der Waals surface area contributed by atoms with Crippen molar-refractivity contribution in [2.75, 3.05) is 7.05 Å². The summed E-state index contributed by atoms with van der Waals surface area (Å²) in [5.41, 5.74) is 2.69. The number of para-hydroxylation sites is 1. The summed E-state index contributed by atoms with van der Waals surface area (Å²) < 4.78 is 6.38. The molecular weight excluding hydrogens is 322 g/mol. The van der Waals surface area contributed by atoms with E-state index in [0.717, 1.165) is 32.2 Å². The zero-order valence-electron chi connectivity index (χ0n) is 14.4. The number of nitrogens with zero attached hydrogens (tertiary/aromatic N) is 3. The van der Waals surface area contributed by atoms with Crippen LogP contribution in [-0.2, 0) is 11.3 Å². The van der Waals surface area contributed by atoms with E-state index < -0.39 is 0 Å². The summed E-state index contributed by atoms with van der Waals surface area (Å²) in [7, 11) is 1.83. The van der Waals surface area contributed by atoms with Crippen LogP contribution in [0.2, 0.25) is 0 Å². The minimum Gasteiger partial charge on any atom is -0.361 e. The Bertz CT molecular complexity index is 816. The molecule has 0 N–H and O–H groups in total. The second-order valence-corrected chi connectivity index (χ2v) is 7.08. The summed E-state index contributed by atoms with van der Waals surface area (Å²) in [6, 6.07) is 8.03. The van der Waals surface area contributed by atoms with Crippen molar-refractivity contribution in [3.63, 3.8) is 0 Å². The third-order valence-corrected chi connectivity index (χ3v) is 5.25. The molecule has 2 heterocycles. The molecule has 0 spiro atoms. The molecule has 0 bridgehead atoms. The van der Waals surface area contributed by atoms with Crippen molar-refractivity contribution >= 4 is 27.5 Å². The van der Waals surface area contributed by atoms with E-state index in [9.17, 15) is 4.79 Å². The van der Waals surface area contributed by atoms with Gasteiger partial charge in [0.15, 0.2) is 0 Å². The molecule has 126 valence electrons. The number of carbonyl (C=O) groups is 1. The maximum Gasteiger partial charge on any atom is 0.230 e. The van der Waals surface area contributed by atoms with Crippen LogP contribution >= 0.6 is 11.3 Å². The molecule has 24 heavy (non-hydrogen) atoms. The van der Waals surface area contributed by atoms with Crippen molar-refractivity contribution in [2.24, 2.45) is 0 Å². The Morgan fingerprint density at radius 1 is 1.33 bits per heavy atom. The average molecular weight is 343 g/mol. The fourth-order valence-electron chi connectivity index (χ4n) is 3.02. The van der Waals surface area contributed by atoms with E-state index in [2.05, 4.69) is 16.2 Å². The molecule has 0 radical (unpaired) electrons. The predicted octanol–water partition coefficient (Wildman–Crippen LogP) is 4.05. The highest BCUT2D eigenvalue weighted by Gasteiger charge is 2.28. The lowest BCUT2D eigenvalue weighted by Gasteiger charge is -2.22. The zero-order valence-corrected chi connectivity index (χ0v) is 15.2. The SMILES string of the molecule is CC[C@@H](C(=O)N(C)Cc1nc2ccccc2s1)c1c(C)noc1C. The number of aryl methyl sites for hydroxylation is 2. The standard InChI is InChI=1S/C18H21N3O2S/c1-5-13(17-11(2)20-23-12(17)3)18(22)21(4)10-16-19-14-8-6-7-9-15(14)24-16/h6-9,13H,5,10H2,1-4H3/t13-/m1/s1. The lowest BCUT2D eigenvalue weighted by molar-refractivity contribution is -0.132. The second kappa shape index (κ2) is 6.73. The van der Waals surface area contributed by atoms with E-state index >= 15 is 0 Å². The lowest BCUT2D eigenvalue weighted by Crippen LogP contribution is -2.31. The van der Waals surface area contributed by atoms with Crippen molar-refractivity contribution in [1.29, 1.82) is 0 Å². The van der Waals surface area contributed by atoms with E-state index in [0.29, 0.717) is 13.0 Å². The molecule has 6 heteroatoms. The van der Waals surface area contributed by atoms with Crippen molar-refractivity contribution in [3.05, 3.63) is 46.3 Å². The van der Waals surface area contributed by atoms with Crippen molar-refractivity contribution in [1.82, 2.24) is 15.0 Å². The minimum absolute atomic E-state index is 0.0751. The van der Waals surface area contributed by atoms with Crippen molar-refractivity contribution < 1.29 is 9.32 Å². The van der Waals surface area contributed by atoms with Gasteiger partial charge in [0.25, 0.3) is 0 Å². The van der Waals surface area contributed by atoms with E-state index in [1.165, 1.54) is 0 Å². The summed E-state index contributed by atoms with van der Waals surface area (Å²) in [6.07, 6.45) is 0.714. The fourth-order valence-corrected chi connectivity index (χ4v) is 4.05. The number of fused-ring (bicyclic) bond motifs is 1. The topological polar surface area (TPSA) is 59.2 Å². The third-order valence-electron chi connectivity index (χ3n) is 4.23. The molecule has 0 aliphatic rings. The Hall–Kier alpha value is -2.21. The van der Waals surface area contributed by atoms with Gasteiger partial charge in [-0.1, -0.05) is 24.2 Å². The molecule has 5 nitrogen and oxygen atoms in total. The number of rotatable bonds is 5. The zero-order chi connectivity index (χ0) is 17.3. The molecular formula is C18H21N3O2S. The van der Waals surface area contributed by atoms with Gasteiger partial charge in [0.2, 0.25) is 5.91 Å². The van der Waals surface area contributed by atoms with Crippen molar-refractivity contribution in [2.45, 2.75) is 39.7 Å². The first-order valence-electron chi connectivity index (χ1n) is 8.03. The summed E-state index contributed by atoms with van der Waals surface area (Å²) in [5, 5.41) is 4.93. The number of thiazole rings is 1. The molecule has 0 aliphatic carbocycles. The van der Waals surface area contributed by atoms with Crippen LogP contribution in [0.25, 0.3) is 10.2 Å². The summed E-state index contributed by atoms with van der Waals surface area (Å²) in [6.45, 7) is 6.27. The summed E-state index contributed by atoms with van der Waals surface area (Å²) in [5.74, 6) is 0.572. The quantitative estimate of drug-likeness (QED) is 0.701. The molecule has 3 rings (SSSR count). The van der Waals surface area contributed by atoms with Crippen LogP contribution in [0.15, 0.2) is 28.8 Å². The number of aromatic nitrogens is 2. The van der Waals surface area contributed by atoms with Crippen LogP contribution in [-0.4, -0.2) is 28.0 Å². The van der Waals surface area contributed by atoms with Crippen LogP contribution in [0.3, 0.4) is 0 Å². The van der Waals surface area contributed by atoms with E-state index in [4.69, 9.17) is 4.52 Å². The number of hydrogen-bond donors (Lipinski definition) is 0. The average Bonchev–Trinajstić information content (AvgIpc) is 3.12. The molecule has 0 saturated heterocycles. The van der Waals surface area contributed by atoms with Gasteiger partial charge in [-0.25, -0.2) is 4.98 Å². The first-order valence-corrected chi connectivity index (χ1v) is 8.85. The normalized spacial score (nSPS) is 12.5. The Balaban J connectivity index is 1.80. The van der Waals surface area contributed by atoms with Gasteiger partial charge in [-0.15, -0.1) is 11.3 Å². The van der Waals surface area contributed by atoms with Gasteiger partial charge in [-0.2, -0.15) is 0 Å². The molecule has 0 unspecified atom stereocenters. The van der Waals surface area contributed by atoms with Crippen molar-refractivity contribution in [3.8, 4) is 0 Å². The highest BCUT2D eigenvalue weighted by Crippen LogP contribution is 2.29. The highest BCUT2D eigenvalue weighted by molar-refractivity contribution is 7.18. The molecule has 0 fully saturated rings. The second-order valence-electron chi connectivity index (χ2n) is 5.97. The van der Waals surface area contributed by atoms with Gasteiger partial charge in [-0.05, 0) is 32.4 Å². The summed E-state index contributed by atoms with van der Waals surface area (Å²) >= 11 is 1.63. The van der Waals surface area contributed by atoms with Gasteiger partial charge in [0.1, 0.15) is 10.8 Å². The van der Waals surface area contributed by atoms with Crippen LogP contribution in [0.4, 0.5) is 0 Å². The summed E-state index contributed by atoms with van der Waals surface area (Å²) in [4.78, 5) is 19.3. The molecule has 1 atom stereocenters. The number of likely N-dealkylation sites (N-methyl/N-ethyl adjacent to an activating group) is 1. The molecule has 1 aromatic carbocycles. The number of benzene rings is 1. The number of hydrogen-bond acceptors (Lipinski definition) is 5. The molecule has 0 saturated carbocycles. The van der Waals surface area contributed by atoms with E-state index in [1.807, 2.05) is 46.0 Å². The van der Waals surface area contributed by atoms with Crippen LogP contribution in [0, 0.1) is 13.8 Å². The van der Waals surface area contributed by atoms with Gasteiger partial charge in [-0.3, -0.25) is 4.79 Å². The largest absolute Gasteiger partial charge is 0.361 e. The highest BCUT2D eigenvalue weighted by atomic mass is 32.1. The van der Waals surface area contributed by atoms with Crippen LogP contribution in [0.1, 0.15) is 41.3 Å². The maximum atomic E-state index is 12.9. The number of carbonyl (C=O) groups excluding carboxylic acids is 1. The monoisotopic (exact) mass is 343 g/mol. The molecule has 0 aliphatic heterocycles.